The van der Waals surface area contributed by atoms with Crippen LogP contribution in [0.2, 0.25) is 0 Å². The van der Waals surface area contributed by atoms with Crippen molar-refractivity contribution in [3.8, 4) is 0 Å². The lowest BCUT2D eigenvalue weighted by Crippen LogP contribution is -2.50. The molecule has 6 nitrogen and oxygen atoms in total. The summed E-state index contributed by atoms with van der Waals surface area (Å²) in [5.74, 6) is -0.401. The van der Waals surface area contributed by atoms with Crippen molar-refractivity contribution in [3.05, 3.63) is 83.4 Å². The molecule has 0 unspecified atom stereocenters. The van der Waals surface area contributed by atoms with Crippen LogP contribution in [-0.2, 0) is 32.8 Å². The first-order valence-corrected chi connectivity index (χ1v) is 12.3. The second kappa shape index (κ2) is 10.7. The summed E-state index contributed by atoms with van der Waals surface area (Å²) >= 11 is 0. The van der Waals surface area contributed by atoms with Crippen molar-refractivity contribution < 1.29 is 41.0 Å². The van der Waals surface area contributed by atoms with Gasteiger partial charge in [0.2, 0.25) is 0 Å². The fourth-order valence-electron chi connectivity index (χ4n) is 5.29. The van der Waals surface area contributed by atoms with Crippen LogP contribution in [0.15, 0.2) is 61.2 Å². The van der Waals surface area contributed by atoms with Gasteiger partial charge in [-0.1, -0.05) is 30.3 Å². The highest BCUT2D eigenvalue weighted by molar-refractivity contribution is 5.87. The molecule has 1 fully saturated rings. The van der Waals surface area contributed by atoms with E-state index in [-0.39, 0.29) is 18.2 Å². The van der Waals surface area contributed by atoms with Crippen LogP contribution >= 0.6 is 0 Å². The van der Waals surface area contributed by atoms with Gasteiger partial charge in [0, 0.05) is 5.41 Å². The van der Waals surface area contributed by atoms with Gasteiger partial charge >= 0.3 is 12.4 Å². The van der Waals surface area contributed by atoms with E-state index in [2.05, 4.69) is 10.2 Å². The van der Waals surface area contributed by atoms with E-state index >= 15 is 0 Å². The molecule has 1 aromatic heterocycles. The van der Waals surface area contributed by atoms with Crippen molar-refractivity contribution in [2.75, 3.05) is 13.2 Å². The average molecular weight is 556 g/mol. The van der Waals surface area contributed by atoms with Crippen molar-refractivity contribution in [3.63, 3.8) is 0 Å². The molecule has 3 aromatic rings. The van der Waals surface area contributed by atoms with Crippen LogP contribution in [0.25, 0.3) is 0 Å². The quantitative estimate of drug-likeness (QED) is 0.353. The van der Waals surface area contributed by atoms with Crippen LogP contribution < -0.4 is 0 Å². The Bertz CT molecular complexity index is 1240. The third kappa shape index (κ3) is 5.86. The molecule has 2 aromatic carbocycles. The lowest BCUT2D eigenvalue weighted by atomic mass is 9.63. The number of halogens is 6. The first-order chi connectivity index (χ1) is 18.3. The van der Waals surface area contributed by atoms with Gasteiger partial charge in [-0.15, -0.1) is 10.2 Å². The van der Waals surface area contributed by atoms with Crippen LogP contribution in [-0.4, -0.2) is 38.9 Å². The highest BCUT2D eigenvalue weighted by Gasteiger charge is 2.49. The number of nitrogens with zero attached hydrogens (tertiary/aromatic N) is 3. The molecule has 0 spiro atoms. The van der Waals surface area contributed by atoms with Crippen molar-refractivity contribution in [1.82, 2.24) is 14.8 Å². The Hall–Kier alpha value is -3.25. The third-order valence-corrected chi connectivity index (χ3v) is 7.69. The largest absolute Gasteiger partial charge is 0.416 e. The summed E-state index contributed by atoms with van der Waals surface area (Å²) in [5, 5.41) is 17.3. The third-order valence-electron chi connectivity index (χ3n) is 7.69. The maximum Gasteiger partial charge on any atom is 0.416 e. The number of carbonyl (C=O) groups is 1. The molecule has 210 valence electrons. The minimum absolute atomic E-state index is 0.0125. The summed E-state index contributed by atoms with van der Waals surface area (Å²) in [4.78, 5) is 12.9. The second-order valence-electron chi connectivity index (χ2n) is 9.92. The monoisotopic (exact) mass is 555 g/mol. The Morgan fingerprint density at radius 1 is 0.949 bits per heavy atom. The number of aliphatic hydroxyl groups is 1. The fourth-order valence-corrected chi connectivity index (χ4v) is 5.29. The highest BCUT2D eigenvalue weighted by Crippen LogP contribution is 2.47. The van der Waals surface area contributed by atoms with Crippen LogP contribution in [0.1, 0.15) is 61.0 Å². The maximum absolute atomic E-state index is 13.4. The number of carbonyl (C=O) groups excluding carboxylic acids is 1. The SMILES string of the molecule is C[C@@H](OCC1(c2ccccc2)CCC(C(=O)CO)(n2cnnc2)CC1)c1cc(C(F)(F)F)cc(C(F)(F)F)c1. The van der Waals surface area contributed by atoms with Gasteiger partial charge in [-0.05, 0) is 61.9 Å². The van der Waals surface area contributed by atoms with Gasteiger partial charge in [0.15, 0.2) is 5.78 Å². The number of alkyl halides is 6. The molecule has 12 heteroatoms. The molecule has 1 aliphatic carbocycles. The summed E-state index contributed by atoms with van der Waals surface area (Å²) in [6.45, 7) is 0.719. The second-order valence-corrected chi connectivity index (χ2v) is 9.92. The van der Waals surface area contributed by atoms with Gasteiger partial charge in [-0.25, -0.2) is 0 Å². The van der Waals surface area contributed by atoms with Gasteiger partial charge in [-0.3, -0.25) is 4.79 Å². The molecule has 1 saturated carbocycles. The number of benzene rings is 2. The number of aromatic nitrogens is 3. The summed E-state index contributed by atoms with van der Waals surface area (Å²) in [6.07, 6.45) is -6.82. The number of ketones is 1. The maximum atomic E-state index is 13.4. The summed E-state index contributed by atoms with van der Waals surface area (Å²) < 4.78 is 87.8. The van der Waals surface area contributed by atoms with E-state index in [4.69, 9.17) is 4.74 Å². The number of ether oxygens (including phenoxy) is 1. The molecular formula is C27H27F6N3O3. The Morgan fingerprint density at radius 2 is 1.49 bits per heavy atom. The number of hydrogen-bond donors (Lipinski definition) is 1. The topological polar surface area (TPSA) is 77.2 Å². The van der Waals surface area contributed by atoms with E-state index < -0.39 is 52.9 Å². The summed E-state index contributed by atoms with van der Waals surface area (Å²) in [5.41, 5.74) is -3.95. The first-order valence-electron chi connectivity index (χ1n) is 12.3. The lowest BCUT2D eigenvalue weighted by Gasteiger charge is -2.46. The zero-order valence-electron chi connectivity index (χ0n) is 21.0. The molecular weight excluding hydrogens is 528 g/mol. The minimum atomic E-state index is -4.96. The molecule has 0 amide bonds. The first kappa shape index (κ1) is 28.8. The van der Waals surface area contributed by atoms with Crippen molar-refractivity contribution in [2.24, 2.45) is 0 Å². The van der Waals surface area contributed by atoms with Crippen molar-refractivity contribution in [2.45, 2.75) is 62.0 Å². The van der Waals surface area contributed by atoms with E-state index in [0.717, 1.165) is 5.56 Å². The van der Waals surface area contributed by atoms with Crippen LogP contribution in [0.5, 0.6) is 0 Å². The smallest absolute Gasteiger partial charge is 0.388 e. The van der Waals surface area contributed by atoms with Gasteiger partial charge in [-0.2, -0.15) is 26.3 Å². The molecule has 39 heavy (non-hydrogen) atoms. The summed E-state index contributed by atoms with van der Waals surface area (Å²) in [7, 11) is 0. The average Bonchev–Trinajstić information content (AvgIpc) is 3.46. The molecule has 1 atom stereocenters. The van der Waals surface area contributed by atoms with E-state index in [1.165, 1.54) is 19.6 Å². The van der Waals surface area contributed by atoms with Gasteiger partial charge in [0.1, 0.15) is 24.8 Å². The predicted octanol–water partition coefficient (Wildman–Crippen LogP) is 5.86. The minimum Gasteiger partial charge on any atom is -0.388 e. The molecule has 0 radical (unpaired) electrons. The molecule has 1 heterocycles. The van der Waals surface area contributed by atoms with E-state index in [1.54, 1.807) is 4.57 Å². The Labute approximate surface area is 220 Å². The Balaban J connectivity index is 1.63. The fraction of sp³-hybridized carbons (Fsp3) is 0.444. The zero-order valence-corrected chi connectivity index (χ0v) is 21.0. The molecule has 1 N–H and O–H groups in total. The predicted molar refractivity (Wildman–Crippen MR) is 127 cm³/mol. The van der Waals surface area contributed by atoms with Gasteiger partial charge in [0.05, 0.1) is 23.8 Å². The number of aliphatic hydroxyl groups excluding tert-OH is 1. The van der Waals surface area contributed by atoms with Crippen LogP contribution in [0.3, 0.4) is 0 Å². The van der Waals surface area contributed by atoms with Gasteiger partial charge in [0.25, 0.3) is 0 Å². The molecule has 0 aliphatic heterocycles. The zero-order chi connectivity index (χ0) is 28.5. The summed E-state index contributed by atoms with van der Waals surface area (Å²) in [6, 6.07) is 10.7. The molecule has 4 rings (SSSR count). The van der Waals surface area contributed by atoms with Crippen LogP contribution in [0.4, 0.5) is 26.3 Å². The van der Waals surface area contributed by atoms with E-state index in [1.807, 2.05) is 30.3 Å². The molecule has 0 saturated heterocycles. The Morgan fingerprint density at radius 3 is 1.97 bits per heavy atom. The molecule has 0 bridgehead atoms. The number of rotatable bonds is 8. The van der Waals surface area contributed by atoms with Crippen molar-refractivity contribution >= 4 is 5.78 Å². The molecule has 1 aliphatic rings. The van der Waals surface area contributed by atoms with Crippen LogP contribution in [0, 0.1) is 0 Å². The van der Waals surface area contributed by atoms with Crippen molar-refractivity contribution in [1.29, 1.82) is 0 Å². The lowest BCUT2D eigenvalue weighted by molar-refractivity contribution is -0.143. The normalized spacial score (nSPS) is 23.0. The highest BCUT2D eigenvalue weighted by atomic mass is 19.4. The van der Waals surface area contributed by atoms with E-state index in [0.29, 0.717) is 37.8 Å². The van der Waals surface area contributed by atoms with Gasteiger partial charge < -0.3 is 14.4 Å². The number of Topliss-reactive ketones (excluding diaryl/α,β-unsaturated/α-hetero) is 1. The number of hydrogen-bond acceptors (Lipinski definition) is 5. The standard InChI is InChI=1S/C27H27F6N3O3/c1-18(19-11-21(26(28,29)30)13-22(12-19)27(31,32)33)39-15-24(20-5-3-2-4-6-20)7-9-25(10-8-24,23(38)14-37)36-16-34-35-17-36/h2-6,11-13,16-18,37H,7-10,14-15H2,1H3/t18-,24?,25?/m1/s1. The Kier molecular flexibility index (Phi) is 7.91. The van der Waals surface area contributed by atoms with E-state index in [9.17, 15) is 36.2 Å².